The van der Waals surface area contributed by atoms with Gasteiger partial charge in [0.25, 0.3) is 0 Å². The third-order valence-corrected chi connectivity index (χ3v) is 3.62. The number of hydrogen-bond donors (Lipinski definition) is 1. The monoisotopic (exact) mass is 260 g/mol. The molecule has 0 unspecified atom stereocenters. The van der Waals surface area contributed by atoms with Crippen molar-refractivity contribution in [3.8, 4) is 0 Å². The highest BCUT2D eigenvalue weighted by Crippen LogP contribution is 2.26. The van der Waals surface area contributed by atoms with Crippen LogP contribution in [0.25, 0.3) is 0 Å². The van der Waals surface area contributed by atoms with Crippen LogP contribution in [0.4, 0.5) is 4.39 Å². The minimum atomic E-state index is -0.149. The summed E-state index contributed by atoms with van der Waals surface area (Å²) in [7, 11) is 0. The van der Waals surface area contributed by atoms with E-state index in [-0.39, 0.29) is 5.82 Å². The van der Waals surface area contributed by atoms with Crippen molar-refractivity contribution in [2.75, 3.05) is 6.54 Å². The van der Waals surface area contributed by atoms with Crippen LogP contribution in [-0.2, 0) is 13.1 Å². The second-order valence-corrected chi connectivity index (χ2v) is 5.23. The predicted octanol–water partition coefficient (Wildman–Crippen LogP) is 1.54. The smallest absolute Gasteiger partial charge is 0.164 e. The summed E-state index contributed by atoms with van der Waals surface area (Å²) in [5.74, 6) is 1.78. The molecule has 1 aliphatic rings. The van der Waals surface area contributed by atoms with Crippen LogP contribution in [0, 0.1) is 11.7 Å². The summed E-state index contributed by atoms with van der Waals surface area (Å²) in [6.45, 7) is 2.61. The van der Waals surface area contributed by atoms with E-state index in [1.807, 2.05) is 22.9 Å². The second kappa shape index (κ2) is 5.53. The van der Waals surface area contributed by atoms with Gasteiger partial charge in [-0.25, -0.2) is 9.37 Å². The molecule has 100 valence electrons. The molecule has 1 heterocycles. The molecule has 0 atom stereocenters. The molecule has 3 nitrogen and oxygen atoms in total. The molecule has 0 saturated heterocycles. The summed E-state index contributed by atoms with van der Waals surface area (Å²) in [6, 6.07) is 6.92. The molecule has 1 aliphatic carbocycles. The van der Waals surface area contributed by atoms with Crippen LogP contribution in [0.15, 0.2) is 36.7 Å². The molecule has 2 N–H and O–H groups in total. The molecule has 1 aromatic heterocycles. The third kappa shape index (κ3) is 3.20. The zero-order chi connectivity index (χ0) is 13.1. The van der Waals surface area contributed by atoms with Crippen molar-refractivity contribution in [3.05, 3.63) is 53.9 Å². The Labute approximate surface area is 112 Å². The Morgan fingerprint density at radius 2 is 2.16 bits per heavy atom. The average molecular weight is 260 g/mol. The maximum absolute atomic E-state index is 13.6. The molecular weight excluding hydrogens is 241 g/mol. The van der Waals surface area contributed by atoms with Crippen molar-refractivity contribution in [1.29, 1.82) is 0 Å². The lowest BCUT2D eigenvalue weighted by Gasteiger charge is -2.08. The molecule has 3 rings (SSSR count). The first-order valence-electron chi connectivity index (χ1n) is 6.88. The normalized spacial score (nSPS) is 14.8. The predicted molar refractivity (Wildman–Crippen MR) is 70.9 cm³/mol. The number of hydrogen-bond acceptors (Lipinski definition) is 1. The minimum Gasteiger partial charge on any atom is -0.340 e. The number of quaternary nitrogens is 1. The van der Waals surface area contributed by atoms with Crippen molar-refractivity contribution in [2.45, 2.75) is 25.9 Å². The molecule has 1 aromatic carbocycles. The zero-order valence-electron chi connectivity index (χ0n) is 10.9. The maximum Gasteiger partial charge on any atom is 0.164 e. The lowest BCUT2D eigenvalue weighted by atomic mass is 10.2. The Morgan fingerprint density at radius 1 is 1.32 bits per heavy atom. The highest BCUT2D eigenvalue weighted by molar-refractivity contribution is 5.18. The van der Waals surface area contributed by atoms with Gasteiger partial charge in [0, 0.05) is 23.9 Å². The van der Waals surface area contributed by atoms with Crippen LogP contribution in [0.2, 0.25) is 0 Å². The lowest BCUT2D eigenvalue weighted by Crippen LogP contribution is -2.83. The van der Waals surface area contributed by atoms with E-state index >= 15 is 0 Å². The quantitative estimate of drug-likeness (QED) is 0.840. The summed E-state index contributed by atoms with van der Waals surface area (Å²) in [4.78, 5) is 4.37. The lowest BCUT2D eigenvalue weighted by molar-refractivity contribution is -0.674. The number of nitrogens with zero attached hydrogens (tertiary/aromatic N) is 2. The molecule has 19 heavy (non-hydrogen) atoms. The minimum absolute atomic E-state index is 0.149. The first kappa shape index (κ1) is 12.4. The summed E-state index contributed by atoms with van der Waals surface area (Å²) < 4.78 is 15.7. The van der Waals surface area contributed by atoms with Gasteiger partial charge < -0.3 is 9.88 Å². The number of nitrogens with two attached hydrogens (primary N) is 1. The largest absolute Gasteiger partial charge is 0.340 e. The Morgan fingerprint density at radius 3 is 2.95 bits per heavy atom. The van der Waals surface area contributed by atoms with Gasteiger partial charge >= 0.3 is 0 Å². The Bertz CT molecular complexity index is 546. The van der Waals surface area contributed by atoms with Crippen LogP contribution in [0.3, 0.4) is 0 Å². The number of imidazole rings is 1. The van der Waals surface area contributed by atoms with Gasteiger partial charge in [0.1, 0.15) is 12.4 Å². The summed E-state index contributed by atoms with van der Waals surface area (Å²) >= 11 is 0. The molecule has 0 bridgehead atoms. The standard InChI is InChI=1S/C15H18FN3/c16-14-4-2-1-3-13(14)11-19-8-7-18-15(19)10-17-9-12-5-6-12/h1-4,7-8,12,17H,5-6,9-11H2/p+1. The first-order valence-corrected chi connectivity index (χ1v) is 6.88. The number of aromatic nitrogens is 2. The molecule has 0 amide bonds. The van der Waals surface area contributed by atoms with Gasteiger partial charge in [0.15, 0.2) is 5.82 Å². The number of halogens is 1. The zero-order valence-corrected chi connectivity index (χ0v) is 10.9. The van der Waals surface area contributed by atoms with E-state index in [0.717, 1.165) is 18.3 Å². The topological polar surface area (TPSA) is 34.4 Å². The van der Waals surface area contributed by atoms with E-state index in [0.29, 0.717) is 12.1 Å². The Kier molecular flexibility index (Phi) is 3.60. The third-order valence-electron chi connectivity index (χ3n) is 3.62. The van der Waals surface area contributed by atoms with Gasteiger partial charge in [-0.2, -0.15) is 0 Å². The van der Waals surface area contributed by atoms with Crippen molar-refractivity contribution < 1.29 is 9.71 Å². The van der Waals surface area contributed by atoms with E-state index in [1.54, 1.807) is 12.3 Å². The van der Waals surface area contributed by atoms with E-state index in [2.05, 4.69) is 10.3 Å². The molecule has 0 aliphatic heterocycles. The van der Waals surface area contributed by atoms with Gasteiger partial charge in [-0.05, 0) is 18.9 Å². The molecule has 4 heteroatoms. The highest BCUT2D eigenvalue weighted by atomic mass is 19.1. The van der Waals surface area contributed by atoms with Crippen LogP contribution in [0.5, 0.6) is 0 Å². The molecule has 1 saturated carbocycles. The van der Waals surface area contributed by atoms with E-state index in [9.17, 15) is 4.39 Å². The van der Waals surface area contributed by atoms with Crippen molar-refractivity contribution in [2.24, 2.45) is 5.92 Å². The van der Waals surface area contributed by atoms with Gasteiger partial charge in [-0.15, -0.1) is 0 Å². The number of rotatable bonds is 6. The van der Waals surface area contributed by atoms with Crippen molar-refractivity contribution >= 4 is 0 Å². The molecule has 0 spiro atoms. The van der Waals surface area contributed by atoms with Gasteiger partial charge in [-0.3, -0.25) is 0 Å². The van der Waals surface area contributed by atoms with E-state index in [4.69, 9.17) is 0 Å². The summed E-state index contributed by atoms with van der Waals surface area (Å²) in [6.07, 6.45) is 6.47. The fourth-order valence-corrected chi connectivity index (χ4v) is 2.29. The van der Waals surface area contributed by atoms with Crippen LogP contribution < -0.4 is 5.32 Å². The van der Waals surface area contributed by atoms with Crippen LogP contribution in [0.1, 0.15) is 24.2 Å². The van der Waals surface area contributed by atoms with Crippen LogP contribution >= 0.6 is 0 Å². The maximum atomic E-state index is 13.6. The summed E-state index contributed by atoms with van der Waals surface area (Å²) in [5.41, 5.74) is 0.712. The Hall–Kier alpha value is -1.68. The fraction of sp³-hybridized carbons (Fsp3) is 0.400. The van der Waals surface area contributed by atoms with Crippen LogP contribution in [-0.4, -0.2) is 16.1 Å². The number of benzene rings is 1. The molecule has 1 fully saturated rings. The van der Waals surface area contributed by atoms with E-state index in [1.165, 1.54) is 25.5 Å². The second-order valence-electron chi connectivity index (χ2n) is 5.23. The average Bonchev–Trinajstić information content (AvgIpc) is 3.13. The fourth-order valence-electron chi connectivity index (χ4n) is 2.29. The SMILES string of the molecule is Fc1ccccc1Cn1ccnc1C[NH2+]CC1CC1. The van der Waals surface area contributed by atoms with Crippen molar-refractivity contribution in [1.82, 2.24) is 9.55 Å². The van der Waals surface area contributed by atoms with E-state index < -0.39 is 0 Å². The molecule has 2 aromatic rings. The van der Waals surface area contributed by atoms with Gasteiger partial charge in [-0.1, -0.05) is 18.2 Å². The Balaban J connectivity index is 1.64. The van der Waals surface area contributed by atoms with Crippen molar-refractivity contribution in [3.63, 3.8) is 0 Å². The highest BCUT2D eigenvalue weighted by Gasteiger charge is 2.23. The van der Waals surface area contributed by atoms with Gasteiger partial charge in [0.2, 0.25) is 0 Å². The molecular formula is C15H19FN3+. The summed E-state index contributed by atoms with van der Waals surface area (Å²) in [5, 5.41) is 2.30. The van der Waals surface area contributed by atoms with Gasteiger partial charge in [0.05, 0.1) is 13.1 Å². The first-order chi connectivity index (χ1) is 9.33. The molecule has 0 radical (unpaired) electrons.